The number of amides is 1. The lowest BCUT2D eigenvalue weighted by Crippen LogP contribution is -2.29. The maximum Gasteiger partial charge on any atom is 0.284 e. The second-order valence-corrected chi connectivity index (χ2v) is 9.40. The van der Waals surface area contributed by atoms with Crippen molar-refractivity contribution in [2.45, 2.75) is 18.7 Å². The minimum absolute atomic E-state index is 0.107. The molecule has 0 aliphatic carbocycles. The molecule has 140 valence electrons. The number of rotatable bonds is 4. The number of hydrogen-bond acceptors (Lipinski definition) is 4. The van der Waals surface area contributed by atoms with Gasteiger partial charge in [-0.05, 0) is 61.5 Å². The van der Waals surface area contributed by atoms with Gasteiger partial charge < -0.3 is 0 Å². The van der Waals surface area contributed by atoms with Gasteiger partial charge in [-0.25, -0.2) is 0 Å². The van der Waals surface area contributed by atoms with E-state index < -0.39 is 10.0 Å². The maximum atomic E-state index is 12.6. The number of carbonyl (C=O) groups excluding carboxylic acids is 1. The van der Waals surface area contributed by atoms with E-state index in [2.05, 4.69) is 20.3 Å². The molecule has 0 unspecified atom stereocenters. The number of nitrogens with zero attached hydrogens (tertiary/aromatic N) is 2. The molecule has 0 spiro atoms. The molecule has 1 aliphatic rings. The highest BCUT2D eigenvalue weighted by Gasteiger charge is 2.34. The van der Waals surface area contributed by atoms with E-state index in [1.807, 2.05) is 31.2 Å². The summed E-state index contributed by atoms with van der Waals surface area (Å²) in [5.74, 6) is -0.247. The summed E-state index contributed by atoms with van der Waals surface area (Å²) in [4.78, 5) is 14.6. The fraction of sp³-hybridized carbons (Fsp3) is 0.158. The van der Waals surface area contributed by atoms with Crippen LogP contribution in [-0.2, 0) is 14.8 Å². The maximum absolute atomic E-state index is 12.6. The molecule has 1 heterocycles. The predicted molar refractivity (Wildman–Crippen MR) is 113 cm³/mol. The summed E-state index contributed by atoms with van der Waals surface area (Å²) in [5, 5.41) is 0.173. The number of likely N-dealkylation sites (N-methyl/N-ethyl adjacent to an activating group) is 1. The van der Waals surface area contributed by atoms with E-state index in [-0.39, 0.29) is 16.0 Å². The summed E-state index contributed by atoms with van der Waals surface area (Å²) >= 11 is 4.44. The zero-order chi connectivity index (χ0) is 19.6. The van der Waals surface area contributed by atoms with Crippen molar-refractivity contribution in [3.63, 3.8) is 0 Å². The minimum Gasteiger partial charge on any atom is -0.286 e. The van der Waals surface area contributed by atoms with E-state index in [1.54, 1.807) is 25.1 Å². The number of halogens is 1. The Labute approximate surface area is 171 Å². The van der Waals surface area contributed by atoms with Crippen molar-refractivity contribution in [3.05, 3.63) is 69.0 Å². The van der Waals surface area contributed by atoms with E-state index in [4.69, 9.17) is 0 Å². The monoisotopic (exact) mass is 464 g/mol. The molecule has 1 amide bonds. The lowest BCUT2D eigenvalue weighted by atomic mass is 10.2. The molecule has 2 aromatic carbocycles. The molecule has 0 bridgehead atoms. The van der Waals surface area contributed by atoms with Crippen LogP contribution in [0.1, 0.15) is 18.1 Å². The summed E-state index contributed by atoms with van der Waals surface area (Å²) < 4.78 is 30.1. The number of amidine groups is 1. The topological polar surface area (TPSA) is 66.8 Å². The van der Waals surface area contributed by atoms with Gasteiger partial charge in [0.2, 0.25) is 0 Å². The molecule has 1 saturated heterocycles. The standard InChI is InChI=1S/C19H17BrN2O3S2/c1-3-22-18(23)17(12-14-6-8-15(20)9-7-14)26-19(22)21-27(24,25)16-10-4-13(2)5-11-16/h4-12H,3H2,1-2H3/b17-12-,21-19+. The van der Waals surface area contributed by atoms with Gasteiger partial charge in [-0.1, -0.05) is 45.8 Å². The first-order valence-electron chi connectivity index (χ1n) is 8.19. The van der Waals surface area contributed by atoms with Crippen LogP contribution >= 0.6 is 27.7 Å². The van der Waals surface area contributed by atoms with Crippen LogP contribution < -0.4 is 0 Å². The van der Waals surface area contributed by atoms with E-state index in [1.165, 1.54) is 17.0 Å². The summed E-state index contributed by atoms with van der Waals surface area (Å²) in [6.07, 6.45) is 1.74. The van der Waals surface area contributed by atoms with Crippen molar-refractivity contribution < 1.29 is 13.2 Å². The van der Waals surface area contributed by atoms with Crippen molar-refractivity contribution in [3.8, 4) is 0 Å². The molecular weight excluding hydrogens is 448 g/mol. The number of hydrogen-bond donors (Lipinski definition) is 0. The summed E-state index contributed by atoms with van der Waals surface area (Å²) in [6, 6.07) is 14.0. The molecule has 0 saturated carbocycles. The molecular formula is C19H17BrN2O3S2. The molecule has 27 heavy (non-hydrogen) atoms. The van der Waals surface area contributed by atoms with Crippen molar-refractivity contribution >= 4 is 54.9 Å². The van der Waals surface area contributed by atoms with Gasteiger partial charge in [0.05, 0.1) is 9.80 Å². The van der Waals surface area contributed by atoms with Crippen molar-refractivity contribution in [1.29, 1.82) is 0 Å². The third-order valence-electron chi connectivity index (χ3n) is 3.89. The van der Waals surface area contributed by atoms with Gasteiger partial charge in [0.25, 0.3) is 15.9 Å². The average Bonchev–Trinajstić information content (AvgIpc) is 2.91. The molecule has 2 aromatic rings. The number of thioether (sulfide) groups is 1. The summed E-state index contributed by atoms with van der Waals surface area (Å²) in [6.45, 7) is 4.01. The van der Waals surface area contributed by atoms with Gasteiger partial charge in [0.15, 0.2) is 5.17 Å². The zero-order valence-corrected chi connectivity index (χ0v) is 17.9. The largest absolute Gasteiger partial charge is 0.286 e. The zero-order valence-electron chi connectivity index (χ0n) is 14.7. The summed E-state index contributed by atoms with van der Waals surface area (Å²) in [7, 11) is -3.89. The van der Waals surface area contributed by atoms with Crippen LogP contribution in [-0.4, -0.2) is 30.9 Å². The molecule has 8 heteroatoms. The number of sulfonamides is 1. The lowest BCUT2D eigenvalue weighted by Gasteiger charge is -2.11. The third-order valence-corrected chi connectivity index (χ3v) is 6.82. The second kappa shape index (κ2) is 8.00. The first-order valence-corrected chi connectivity index (χ1v) is 11.2. The molecule has 5 nitrogen and oxygen atoms in total. The van der Waals surface area contributed by atoms with Crippen LogP contribution in [0.2, 0.25) is 0 Å². The molecule has 0 atom stereocenters. The van der Waals surface area contributed by atoms with Gasteiger partial charge in [-0.15, -0.1) is 4.40 Å². The SMILES string of the molecule is CCN1C(=O)/C(=C/c2ccc(Br)cc2)S/C1=N/S(=O)(=O)c1ccc(C)cc1. The number of aryl methyl sites for hydroxylation is 1. The average molecular weight is 465 g/mol. The number of carbonyl (C=O) groups is 1. The van der Waals surface area contributed by atoms with Crippen LogP contribution in [0.15, 0.2) is 67.2 Å². The first kappa shape index (κ1) is 19.9. The highest BCUT2D eigenvalue weighted by molar-refractivity contribution is 9.10. The molecule has 0 radical (unpaired) electrons. The lowest BCUT2D eigenvalue weighted by molar-refractivity contribution is -0.122. The fourth-order valence-corrected chi connectivity index (χ4v) is 4.94. The van der Waals surface area contributed by atoms with E-state index >= 15 is 0 Å². The van der Waals surface area contributed by atoms with Crippen LogP contribution in [0.5, 0.6) is 0 Å². The smallest absolute Gasteiger partial charge is 0.284 e. The Morgan fingerprint density at radius 2 is 1.74 bits per heavy atom. The normalized spacial score (nSPS) is 17.9. The molecule has 1 aliphatic heterocycles. The molecule has 3 rings (SSSR count). The van der Waals surface area contributed by atoms with Crippen LogP contribution in [0.25, 0.3) is 6.08 Å². The van der Waals surface area contributed by atoms with Crippen molar-refractivity contribution in [2.24, 2.45) is 4.40 Å². The van der Waals surface area contributed by atoms with E-state index in [0.29, 0.717) is 11.4 Å². The Bertz CT molecular complexity index is 1030. The van der Waals surface area contributed by atoms with Crippen molar-refractivity contribution in [1.82, 2.24) is 4.90 Å². The Morgan fingerprint density at radius 1 is 1.11 bits per heavy atom. The summed E-state index contributed by atoms with van der Waals surface area (Å²) in [5.41, 5.74) is 1.81. The molecule has 1 fully saturated rings. The van der Waals surface area contributed by atoms with Crippen molar-refractivity contribution in [2.75, 3.05) is 6.54 Å². The van der Waals surface area contributed by atoms with Crippen LogP contribution in [0.3, 0.4) is 0 Å². The Hall–Kier alpha value is -1.90. The molecule has 0 N–H and O–H groups in total. The van der Waals surface area contributed by atoms with Gasteiger partial charge >= 0.3 is 0 Å². The Morgan fingerprint density at radius 3 is 2.33 bits per heavy atom. The van der Waals surface area contributed by atoms with Gasteiger partial charge in [0, 0.05) is 11.0 Å². The Kier molecular flexibility index (Phi) is 5.88. The second-order valence-electron chi connectivity index (χ2n) is 5.87. The van der Waals surface area contributed by atoms with Gasteiger partial charge in [-0.3, -0.25) is 9.69 Å². The van der Waals surface area contributed by atoms with Gasteiger partial charge in [0.1, 0.15) is 0 Å². The Balaban J connectivity index is 1.95. The van der Waals surface area contributed by atoms with Crippen LogP contribution in [0, 0.1) is 6.92 Å². The van der Waals surface area contributed by atoms with Gasteiger partial charge in [-0.2, -0.15) is 8.42 Å². The third kappa shape index (κ3) is 4.51. The predicted octanol–water partition coefficient (Wildman–Crippen LogP) is 4.44. The highest BCUT2D eigenvalue weighted by atomic mass is 79.9. The minimum atomic E-state index is -3.89. The highest BCUT2D eigenvalue weighted by Crippen LogP contribution is 2.33. The quantitative estimate of drug-likeness (QED) is 0.627. The molecule has 0 aromatic heterocycles. The van der Waals surface area contributed by atoms with E-state index in [9.17, 15) is 13.2 Å². The fourth-order valence-electron chi connectivity index (χ4n) is 2.43. The number of benzene rings is 2. The first-order chi connectivity index (χ1) is 12.8. The van der Waals surface area contributed by atoms with Crippen LogP contribution in [0.4, 0.5) is 0 Å². The van der Waals surface area contributed by atoms with E-state index in [0.717, 1.165) is 27.4 Å².